The Kier molecular flexibility index (Phi) is 4.14. The maximum Gasteiger partial charge on any atom is 0.151 e. The van der Waals surface area contributed by atoms with Crippen molar-refractivity contribution in [3.63, 3.8) is 0 Å². The smallest absolute Gasteiger partial charge is 0.151 e. The van der Waals surface area contributed by atoms with Crippen LogP contribution in [0.2, 0.25) is 0 Å². The molecule has 0 spiro atoms. The lowest BCUT2D eigenvalue weighted by Gasteiger charge is -2.30. The molecule has 3 atom stereocenters. The molecule has 0 N–H and O–H groups in total. The van der Waals surface area contributed by atoms with Crippen molar-refractivity contribution in [2.24, 2.45) is 11.8 Å². The molecule has 0 aromatic carbocycles. The minimum Gasteiger partial charge on any atom is -0.355 e. The predicted molar refractivity (Wildman–Crippen MR) is 92.5 cm³/mol. The van der Waals surface area contributed by atoms with Gasteiger partial charge in [0.05, 0.1) is 5.69 Å². The van der Waals surface area contributed by atoms with Gasteiger partial charge in [0.2, 0.25) is 0 Å². The van der Waals surface area contributed by atoms with Gasteiger partial charge in [-0.05, 0) is 43.7 Å². The third-order valence-corrected chi connectivity index (χ3v) is 5.56. The first-order valence-corrected chi connectivity index (χ1v) is 8.70. The van der Waals surface area contributed by atoms with Gasteiger partial charge in [-0.2, -0.15) is 5.10 Å². The second-order valence-corrected chi connectivity index (χ2v) is 7.15. The zero-order valence-electron chi connectivity index (χ0n) is 14.3. The molecular formula is C18H24N6. The molecule has 6 nitrogen and oxygen atoms in total. The highest BCUT2D eigenvalue weighted by Gasteiger charge is 2.44. The van der Waals surface area contributed by atoms with Gasteiger partial charge in [-0.1, -0.05) is 0 Å². The molecule has 4 rings (SSSR count). The Labute approximate surface area is 142 Å². The second kappa shape index (κ2) is 6.43. The Morgan fingerprint density at radius 2 is 1.96 bits per heavy atom. The minimum atomic E-state index is 0.559. The van der Waals surface area contributed by atoms with E-state index in [2.05, 4.69) is 43.1 Å². The Bertz CT molecular complexity index is 674. The maximum absolute atomic E-state index is 4.37. The summed E-state index contributed by atoms with van der Waals surface area (Å²) in [5.41, 5.74) is 2.17. The van der Waals surface area contributed by atoms with Gasteiger partial charge in [-0.3, -0.25) is 4.90 Å². The molecular weight excluding hydrogens is 300 g/mol. The molecule has 1 aliphatic carbocycles. The SMILES string of the molecule is Cc1ccc(N(C)[C@@H]2CC[C@@H]3CN(Cc4cncnc4)C[C@@H]32)nn1. The summed E-state index contributed by atoms with van der Waals surface area (Å²) in [5.74, 6) is 2.49. The van der Waals surface area contributed by atoms with E-state index in [4.69, 9.17) is 0 Å². The molecule has 2 aliphatic rings. The van der Waals surface area contributed by atoms with Crippen molar-refractivity contribution in [3.05, 3.63) is 42.1 Å². The fourth-order valence-corrected chi connectivity index (χ4v) is 4.36. The molecule has 1 saturated carbocycles. The summed E-state index contributed by atoms with van der Waals surface area (Å²) in [6.07, 6.45) is 8.00. The van der Waals surface area contributed by atoms with Crippen LogP contribution in [0.1, 0.15) is 24.1 Å². The summed E-state index contributed by atoms with van der Waals surface area (Å²) in [5, 5.41) is 8.58. The van der Waals surface area contributed by atoms with Gasteiger partial charge < -0.3 is 4.90 Å². The summed E-state index contributed by atoms with van der Waals surface area (Å²) in [6.45, 7) is 5.26. The molecule has 1 saturated heterocycles. The molecule has 2 aromatic rings. The van der Waals surface area contributed by atoms with E-state index in [0.29, 0.717) is 12.0 Å². The summed E-state index contributed by atoms with van der Waals surface area (Å²) < 4.78 is 0. The Hall–Kier alpha value is -2.08. The lowest BCUT2D eigenvalue weighted by Crippen LogP contribution is -2.38. The van der Waals surface area contributed by atoms with Crippen LogP contribution in [-0.2, 0) is 6.54 Å². The van der Waals surface area contributed by atoms with E-state index >= 15 is 0 Å². The topological polar surface area (TPSA) is 58.0 Å². The second-order valence-electron chi connectivity index (χ2n) is 7.15. The fourth-order valence-electron chi connectivity index (χ4n) is 4.36. The third-order valence-electron chi connectivity index (χ3n) is 5.56. The van der Waals surface area contributed by atoms with Crippen LogP contribution in [0.25, 0.3) is 0 Å². The van der Waals surface area contributed by atoms with Crippen molar-refractivity contribution >= 4 is 5.82 Å². The highest BCUT2D eigenvalue weighted by Crippen LogP contribution is 2.41. The van der Waals surface area contributed by atoms with Gasteiger partial charge in [0.1, 0.15) is 6.33 Å². The molecule has 1 aliphatic heterocycles. The fraction of sp³-hybridized carbons (Fsp3) is 0.556. The van der Waals surface area contributed by atoms with Gasteiger partial charge in [0, 0.05) is 50.7 Å². The molecule has 2 fully saturated rings. The number of nitrogens with zero attached hydrogens (tertiary/aromatic N) is 6. The van der Waals surface area contributed by atoms with E-state index in [1.54, 1.807) is 6.33 Å². The lowest BCUT2D eigenvalue weighted by atomic mass is 9.97. The summed E-state index contributed by atoms with van der Waals surface area (Å²) >= 11 is 0. The van der Waals surface area contributed by atoms with Crippen LogP contribution in [0, 0.1) is 18.8 Å². The van der Waals surface area contributed by atoms with Crippen LogP contribution in [0.3, 0.4) is 0 Å². The molecule has 0 radical (unpaired) electrons. The summed E-state index contributed by atoms with van der Waals surface area (Å²) in [6, 6.07) is 4.69. The van der Waals surface area contributed by atoms with Crippen LogP contribution < -0.4 is 4.90 Å². The number of rotatable bonds is 4. The Balaban J connectivity index is 1.43. The molecule has 126 valence electrons. The molecule has 0 amide bonds. The van der Waals surface area contributed by atoms with E-state index in [-0.39, 0.29) is 0 Å². The normalized spacial score (nSPS) is 26.5. The lowest BCUT2D eigenvalue weighted by molar-refractivity contribution is 0.296. The zero-order valence-corrected chi connectivity index (χ0v) is 14.3. The average Bonchev–Trinajstić information content (AvgIpc) is 3.16. The molecule has 3 heterocycles. The number of anilines is 1. The standard InChI is InChI=1S/C18H24N6/c1-13-3-6-18(22-21-13)23(2)17-5-4-15-10-24(11-16(15)17)9-14-7-19-12-20-8-14/h3,6-8,12,15-17H,4-5,9-11H2,1-2H3/t15-,16+,17-/m1/s1. The molecule has 2 aromatic heterocycles. The highest BCUT2D eigenvalue weighted by atomic mass is 15.3. The van der Waals surface area contributed by atoms with Gasteiger partial charge in [-0.25, -0.2) is 9.97 Å². The Morgan fingerprint density at radius 3 is 2.71 bits per heavy atom. The van der Waals surface area contributed by atoms with E-state index in [1.165, 1.54) is 24.9 Å². The van der Waals surface area contributed by atoms with Crippen molar-refractivity contribution in [1.29, 1.82) is 0 Å². The van der Waals surface area contributed by atoms with Crippen LogP contribution in [0.4, 0.5) is 5.82 Å². The zero-order chi connectivity index (χ0) is 16.5. The van der Waals surface area contributed by atoms with Gasteiger partial charge in [0.25, 0.3) is 0 Å². The largest absolute Gasteiger partial charge is 0.355 e. The Morgan fingerprint density at radius 1 is 1.12 bits per heavy atom. The van der Waals surface area contributed by atoms with Crippen molar-refractivity contribution < 1.29 is 0 Å². The van der Waals surface area contributed by atoms with Crippen LogP contribution in [-0.4, -0.2) is 51.2 Å². The van der Waals surface area contributed by atoms with Crippen LogP contribution >= 0.6 is 0 Å². The molecule has 0 bridgehead atoms. The molecule has 24 heavy (non-hydrogen) atoms. The van der Waals surface area contributed by atoms with Crippen molar-refractivity contribution in [3.8, 4) is 0 Å². The number of aryl methyl sites for hydroxylation is 1. The predicted octanol–water partition coefficient (Wildman–Crippen LogP) is 1.92. The summed E-state index contributed by atoms with van der Waals surface area (Å²) in [4.78, 5) is 13.1. The first-order valence-electron chi connectivity index (χ1n) is 8.70. The van der Waals surface area contributed by atoms with E-state index in [1.807, 2.05) is 25.4 Å². The number of hydrogen-bond donors (Lipinski definition) is 0. The average molecular weight is 324 g/mol. The van der Waals surface area contributed by atoms with E-state index in [9.17, 15) is 0 Å². The van der Waals surface area contributed by atoms with Crippen molar-refractivity contribution in [2.75, 3.05) is 25.0 Å². The van der Waals surface area contributed by atoms with Crippen LogP contribution in [0.15, 0.2) is 30.9 Å². The quantitative estimate of drug-likeness (QED) is 0.856. The number of likely N-dealkylation sites (tertiary alicyclic amines) is 1. The summed E-state index contributed by atoms with van der Waals surface area (Å²) in [7, 11) is 2.17. The monoisotopic (exact) mass is 324 g/mol. The van der Waals surface area contributed by atoms with Gasteiger partial charge in [-0.15, -0.1) is 5.10 Å². The van der Waals surface area contributed by atoms with Crippen molar-refractivity contribution in [1.82, 2.24) is 25.1 Å². The molecule has 6 heteroatoms. The number of aromatic nitrogens is 4. The maximum atomic E-state index is 4.37. The first kappa shape index (κ1) is 15.4. The number of hydrogen-bond acceptors (Lipinski definition) is 6. The molecule has 0 unspecified atom stereocenters. The van der Waals surface area contributed by atoms with Gasteiger partial charge in [0.15, 0.2) is 5.82 Å². The highest BCUT2D eigenvalue weighted by molar-refractivity contribution is 5.38. The minimum absolute atomic E-state index is 0.559. The van der Waals surface area contributed by atoms with Gasteiger partial charge >= 0.3 is 0 Å². The van der Waals surface area contributed by atoms with Crippen LogP contribution in [0.5, 0.6) is 0 Å². The first-order chi connectivity index (χ1) is 11.7. The van der Waals surface area contributed by atoms with E-state index in [0.717, 1.165) is 30.5 Å². The van der Waals surface area contributed by atoms with E-state index < -0.39 is 0 Å². The number of fused-ring (bicyclic) bond motifs is 1. The third kappa shape index (κ3) is 2.98. The van der Waals surface area contributed by atoms with Crippen molar-refractivity contribution in [2.45, 2.75) is 32.4 Å².